The number of aryl methyl sites for hydroxylation is 1. The fourth-order valence-electron chi connectivity index (χ4n) is 2.71. The van der Waals surface area contributed by atoms with Crippen LogP contribution in [0.25, 0.3) is 20.7 Å². The van der Waals surface area contributed by atoms with Gasteiger partial charge in [-0.1, -0.05) is 24.3 Å². The average Bonchev–Trinajstić information content (AvgIpc) is 3.25. The second kappa shape index (κ2) is 6.78. The predicted molar refractivity (Wildman–Crippen MR) is 109 cm³/mol. The molecule has 1 unspecified atom stereocenters. The molecule has 0 bridgehead atoms. The topological polar surface area (TPSA) is 45.8 Å². The van der Waals surface area contributed by atoms with E-state index in [2.05, 4.69) is 31.0 Å². The highest BCUT2D eigenvalue weighted by Gasteiger charge is 2.17. The number of nitrogens with one attached hydrogen (secondary N) is 1. The standard InChI is InChI=1S/C19H16N2OS3/c1-11-6-3-4-7-14(11)25-12(2)17-20-18(22)16-13(10-24-19(16)21-17)15-8-5-9-23-15/h3-10,12H,1-2H3,(H,20,21,22). The van der Waals surface area contributed by atoms with Gasteiger partial charge in [-0.15, -0.1) is 34.4 Å². The van der Waals surface area contributed by atoms with Crippen LogP contribution in [-0.2, 0) is 0 Å². The molecule has 0 radical (unpaired) electrons. The van der Waals surface area contributed by atoms with Crippen molar-refractivity contribution in [2.45, 2.75) is 24.0 Å². The number of hydrogen-bond acceptors (Lipinski definition) is 5. The highest BCUT2D eigenvalue weighted by atomic mass is 32.2. The fraction of sp³-hybridized carbons (Fsp3) is 0.158. The summed E-state index contributed by atoms with van der Waals surface area (Å²) in [7, 11) is 0. The van der Waals surface area contributed by atoms with E-state index in [1.54, 1.807) is 23.1 Å². The van der Waals surface area contributed by atoms with Gasteiger partial charge < -0.3 is 4.98 Å². The summed E-state index contributed by atoms with van der Waals surface area (Å²) in [6, 6.07) is 12.3. The molecule has 0 aliphatic heterocycles. The molecule has 6 heteroatoms. The molecule has 0 fully saturated rings. The van der Waals surface area contributed by atoms with Crippen molar-refractivity contribution < 1.29 is 0 Å². The van der Waals surface area contributed by atoms with Crippen LogP contribution in [0.4, 0.5) is 0 Å². The molecule has 0 aliphatic rings. The Morgan fingerprint density at radius 3 is 2.76 bits per heavy atom. The van der Waals surface area contributed by atoms with Gasteiger partial charge in [0.25, 0.3) is 5.56 Å². The number of aromatic nitrogens is 2. The van der Waals surface area contributed by atoms with Crippen LogP contribution in [0.5, 0.6) is 0 Å². The van der Waals surface area contributed by atoms with Gasteiger partial charge in [-0.3, -0.25) is 4.79 Å². The second-order valence-electron chi connectivity index (χ2n) is 5.78. The van der Waals surface area contributed by atoms with Crippen molar-refractivity contribution >= 4 is 44.7 Å². The molecule has 0 saturated heterocycles. The zero-order valence-electron chi connectivity index (χ0n) is 13.8. The van der Waals surface area contributed by atoms with Crippen molar-refractivity contribution in [2.75, 3.05) is 0 Å². The number of H-pyrrole nitrogens is 1. The van der Waals surface area contributed by atoms with Gasteiger partial charge in [0.05, 0.1) is 10.6 Å². The first-order valence-electron chi connectivity index (χ1n) is 7.91. The van der Waals surface area contributed by atoms with Gasteiger partial charge in [-0.2, -0.15) is 0 Å². The van der Waals surface area contributed by atoms with E-state index in [0.717, 1.165) is 21.1 Å². The summed E-state index contributed by atoms with van der Waals surface area (Å²) in [6.45, 7) is 4.18. The number of nitrogens with zero attached hydrogens (tertiary/aromatic N) is 1. The third-order valence-electron chi connectivity index (χ3n) is 4.03. The predicted octanol–water partition coefficient (Wildman–Crippen LogP) is 5.87. The first-order valence-corrected chi connectivity index (χ1v) is 10.5. The number of fused-ring (bicyclic) bond motifs is 1. The Labute approximate surface area is 157 Å². The largest absolute Gasteiger partial charge is 0.309 e. The summed E-state index contributed by atoms with van der Waals surface area (Å²) in [5, 5.41) is 4.83. The number of thioether (sulfide) groups is 1. The minimum Gasteiger partial charge on any atom is -0.309 e. The lowest BCUT2D eigenvalue weighted by Crippen LogP contribution is -2.12. The quantitative estimate of drug-likeness (QED) is 0.447. The number of aromatic amines is 1. The van der Waals surface area contributed by atoms with Crippen molar-refractivity contribution in [2.24, 2.45) is 0 Å². The highest BCUT2D eigenvalue weighted by molar-refractivity contribution is 7.99. The zero-order chi connectivity index (χ0) is 17.4. The molecule has 4 aromatic rings. The Kier molecular flexibility index (Phi) is 4.50. The van der Waals surface area contributed by atoms with E-state index >= 15 is 0 Å². The van der Waals surface area contributed by atoms with Crippen LogP contribution >= 0.6 is 34.4 Å². The molecular weight excluding hydrogens is 368 g/mol. The summed E-state index contributed by atoms with van der Waals surface area (Å²) in [5.41, 5.74) is 2.16. The Morgan fingerprint density at radius 2 is 2.00 bits per heavy atom. The fourth-order valence-corrected chi connectivity index (χ4v) is 5.49. The van der Waals surface area contributed by atoms with Gasteiger partial charge in [-0.05, 0) is 36.9 Å². The van der Waals surface area contributed by atoms with Crippen molar-refractivity contribution in [3.63, 3.8) is 0 Å². The van der Waals surface area contributed by atoms with E-state index in [9.17, 15) is 4.79 Å². The normalized spacial score (nSPS) is 12.6. The van der Waals surface area contributed by atoms with E-state index in [1.165, 1.54) is 21.8 Å². The molecule has 25 heavy (non-hydrogen) atoms. The highest BCUT2D eigenvalue weighted by Crippen LogP contribution is 2.37. The second-order valence-corrected chi connectivity index (χ2v) is 8.97. The van der Waals surface area contributed by atoms with Crippen molar-refractivity contribution in [1.82, 2.24) is 9.97 Å². The van der Waals surface area contributed by atoms with Gasteiger partial charge in [0.2, 0.25) is 0 Å². The lowest BCUT2D eigenvalue weighted by atomic mass is 10.2. The molecule has 3 aromatic heterocycles. The average molecular weight is 385 g/mol. The molecule has 0 aliphatic carbocycles. The molecule has 0 spiro atoms. The zero-order valence-corrected chi connectivity index (χ0v) is 16.2. The van der Waals surface area contributed by atoms with Crippen LogP contribution in [0.2, 0.25) is 0 Å². The van der Waals surface area contributed by atoms with Crippen LogP contribution in [0.3, 0.4) is 0 Å². The minimum absolute atomic E-state index is 0.0538. The number of thiophene rings is 2. The molecule has 4 rings (SSSR count). The Morgan fingerprint density at radius 1 is 1.16 bits per heavy atom. The van der Waals surface area contributed by atoms with Crippen molar-refractivity contribution in [3.05, 3.63) is 68.9 Å². The summed E-state index contributed by atoms with van der Waals surface area (Å²) >= 11 is 4.89. The van der Waals surface area contributed by atoms with Crippen molar-refractivity contribution in [3.8, 4) is 10.4 Å². The van der Waals surface area contributed by atoms with Gasteiger partial charge >= 0.3 is 0 Å². The lowest BCUT2D eigenvalue weighted by Gasteiger charge is -2.12. The summed E-state index contributed by atoms with van der Waals surface area (Å²) in [6.07, 6.45) is 0. The Balaban J connectivity index is 1.72. The Bertz CT molecular complexity index is 1080. The first-order chi connectivity index (χ1) is 12.1. The lowest BCUT2D eigenvalue weighted by molar-refractivity contribution is 0.925. The van der Waals surface area contributed by atoms with Crippen LogP contribution in [0, 0.1) is 6.92 Å². The van der Waals surface area contributed by atoms with E-state index in [0.29, 0.717) is 5.39 Å². The first kappa shape index (κ1) is 16.6. The molecule has 1 N–H and O–H groups in total. The molecule has 1 aromatic carbocycles. The summed E-state index contributed by atoms with van der Waals surface area (Å²) in [5.74, 6) is 0.727. The molecule has 126 valence electrons. The SMILES string of the molecule is Cc1ccccc1SC(C)c1nc2scc(-c3cccs3)c2c(=O)[nH]1. The third kappa shape index (κ3) is 3.17. The maximum Gasteiger partial charge on any atom is 0.260 e. The van der Waals surface area contributed by atoms with Crippen LogP contribution < -0.4 is 5.56 Å². The summed E-state index contributed by atoms with van der Waals surface area (Å²) < 4.78 is 0. The van der Waals surface area contributed by atoms with E-state index in [-0.39, 0.29) is 10.8 Å². The van der Waals surface area contributed by atoms with E-state index in [4.69, 9.17) is 4.98 Å². The maximum absolute atomic E-state index is 12.7. The minimum atomic E-state index is -0.0538. The summed E-state index contributed by atoms with van der Waals surface area (Å²) in [4.78, 5) is 23.6. The van der Waals surface area contributed by atoms with Crippen molar-refractivity contribution in [1.29, 1.82) is 0 Å². The van der Waals surface area contributed by atoms with E-state index < -0.39 is 0 Å². The Hall–Kier alpha value is -1.89. The van der Waals surface area contributed by atoms with Gasteiger partial charge in [0, 0.05) is 20.7 Å². The molecule has 0 amide bonds. The molecule has 1 atom stereocenters. The molecule has 3 nitrogen and oxygen atoms in total. The number of rotatable bonds is 4. The molecular formula is C19H16N2OS3. The van der Waals surface area contributed by atoms with E-state index in [1.807, 2.05) is 35.0 Å². The van der Waals surface area contributed by atoms with Crippen LogP contribution in [0.1, 0.15) is 23.6 Å². The smallest absolute Gasteiger partial charge is 0.260 e. The van der Waals surface area contributed by atoms with Crippen LogP contribution in [0.15, 0.2) is 56.8 Å². The molecule has 0 saturated carbocycles. The number of hydrogen-bond donors (Lipinski definition) is 1. The monoisotopic (exact) mass is 384 g/mol. The van der Waals surface area contributed by atoms with Gasteiger partial charge in [0.1, 0.15) is 10.7 Å². The molecule has 3 heterocycles. The van der Waals surface area contributed by atoms with Gasteiger partial charge in [-0.25, -0.2) is 4.98 Å². The maximum atomic E-state index is 12.7. The van der Waals surface area contributed by atoms with Crippen LogP contribution in [-0.4, -0.2) is 9.97 Å². The number of benzene rings is 1. The van der Waals surface area contributed by atoms with Gasteiger partial charge in [0.15, 0.2) is 0 Å². The third-order valence-corrected chi connectivity index (χ3v) is 7.10.